The van der Waals surface area contributed by atoms with Crippen LogP contribution in [0.25, 0.3) is 0 Å². The van der Waals surface area contributed by atoms with E-state index in [1.54, 1.807) is 0 Å². The molecule has 1 amide bonds. The second-order valence-electron chi connectivity index (χ2n) is 6.39. The van der Waals surface area contributed by atoms with Crippen molar-refractivity contribution >= 4 is 5.91 Å². The molecule has 1 aromatic rings. The number of fused-ring (bicyclic) bond motifs is 2. The highest BCUT2D eigenvalue weighted by atomic mass is 16.1. The van der Waals surface area contributed by atoms with Crippen LogP contribution in [0.4, 0.5) is 0 Å². The van der Waals surface area contributed by atoms with E-state index in [9.17, 15) is 4.79 Å². The maximum atomic E-state index is 12.1. The molecule has 20 heavy (non-hydrogen) atoms. The molecule has 3 N–H and O–H groups in total. The van der Waals surface area contributed by atoms with Crippen LogP contribution < -0.4 is 11.1 Å². The maximum absolute atomic E-state index is 12.1. The van der Waals surface area contributed by atoms with Gasteiger partial charge in [0.25, 0.3) is 0 Å². The SMILES string of the molecule is NCc1ccccc1CC(=O)NCC1CC2CCC1C2. The number of hydrogen-bond donors (Lipinski definition) is 2. The molecular formula is C17H24N2O. The van der Waals surface area contributed by atoms with Crippen LogP contribution in [0.5, 0.6) is 0 Å². The third kappa shape index (κ3) is 2.88. The minimum Gasteiger partial charge on any atom is -0.356 e. The molecule has 2 saturated carbocycles. The van der Waals surface area contributed by atoms with Gasteiger partial charge in [0.15, 0.2) is 0 Å². The molecule has 0 aromatic heterocycles. The van der Waals surface area contributed by atoms with Gasteiger partial charge in [-0.15, -0.1) is 0 Å². The predicted molar refractivity (Wildman–Crippen MR) is 80.0 cm³/mol. The first-order valence-electron chi connectivity index (χ1n) is 7.80. The molecule has 1 aromatic carbocycles. The predicted octanol–water partition coefficient (Wildman–Crippen LogP) is 2.24. The molecule has 0 radical (unpaired) electrons. The zero-order valence-corrected chi connectivity index (χ0v) is 12.0. The van der Waals surface area contributed by atoms with Crippen LogP contribution in [-0.2, 0) is 17.8 Å². The Morgan fingerprint density at radius 1 is 1.20 bits per heavy atom. The maximum Gasteiger partial charge on any atom is 0.224 e. The number of hydrogen-bond acceptors (Lipinski definition) is 2. The van der Waals surface area contributed by atoms with Crippen molar-refractivity contribution in [3.8, 4) is 0 Å². The molecule has 2 bridgehead atoms. The molecule has 2 fully saturated rings. The fourth-order valence-electron chi connectivity index (χ4n) is 4.04. The molecule has 3 heteroatoms. The van der Waals surface area contributed by atoms with E-state index in [2.05, 4.69) is 5.32 Å². The van der Waals surface area contributed by atoms with Gasteiger partial charge in [0.2, 0.25) is 5.91 Å². The van der Waals surface area contributed by atoms with Crippen molar-refractivity contribution in [1.29, 1.82) is 0 Å². The van der Waals surface area contributed by atoms with Gasteiger partial charge in [-0.2, -0.15) is 0 Å². The van der Waals surface area contributed by atoms with Gasteiger partial charge in [-0.25, -0.2) is 0 Å². The van der Waals surface area contributed by atoms with Crippen LogP contribution in [0, 0.1) is 17.8 Å². The van der Waals surface area contributed by atoms with Gasteiger partial charge >= 0.3 is 0 Å². The minimum atomic E-state index is 0.133. The topological polar surface area (TPSA) is 55.1 Å². The summed E-state index contributed by atoms with van der Waals surface area (Å²) in [5, 5.41) is 3.13. The average Bonchev–Trinajstić information content (AvgIpc) is 3.08. The van der Waals surface area contributed by atoms with Gasteiger partial charge in [0.1, 0.15) is 0 Å². The second kappa shape index (κ2) is 5.96. The van der Waals surface area contributed by atoms with Crippen LogP contribution in [-0.4, -0.2) is 12.5 Å². The Balaban J connectivity index is 1.50. The molecule has 2 aliphatic carbocycles. The summed E-state index contributed by atoms with van der Waals surface area (Å²) in [4.78, 5) is 12.1. The van der Waals surface area contributed by atoms with Crippen molar-refractivity contribution in [2.24, 2.45) is 23.5 Å². The molecule has 0 spiro atoms. The zero-order chi connectivity index (χ0) is 13.9. The summed E-state index contributed by atoms with van der Waals surface area (Å²) in [5.74, 6) is 2.67. The van der Waals surface area contributed by atoms with E-state index >= 15 is 0 Å². The number of nitrogens with one attached hydrogen (secondary N) is 1. The van der Waals surface area contributed by atoms with Gasteiger partial charge in [-0.05, 0) is 48.1 Å². The number of carbonyl (C=O) groups is 1. The third-order valence-corrected chi connectivity index (χ3v) is 5.14. The first-order chi connectivity index (χ1) is 9.76. The quantitative estimate of drug-likeness (QED) is 0.863. The van der Waals surface area contributed by atoms with Crippen LogP contribution in [0.2, 0.25) is 0 Å². The summed E-state index contributed by atoms with van der Waals surface area (Å²) in [6.45, 7) is 1.36. The molecule has 2 aliphatic rings. The van der Waals surface area contributed by atoms with E-state index in [1.165, 1.54) is 25.7 Å². The van der Waals surface area contributed by atoms with E-state index in [0.29, 0.717) is 13.0 Å². The van der Waals surface area contributed by atoms with Crippen molar-refractivity contribution in [2.45, 2.75) is 38.6 Å². The highest BCUT2D eigenvalue weighted by molar-refractivity contribution is 5.78. The lowest BCUT2D eigenvalue weighted by Crippen LogP contribution is -2.32. The largest absolute Gasteiger partial charge is 0.356 e. The van der Waals surface area contributed by atoms with E-state index < -0.39 is 0 Å². The molecule has 108 valence electrons. The van der Waals surface area contributed by atoms with Crippen molar-refractivity contribution in [3.05, 3.63) is 35.4 Å². The van der Waals surface area contributed by atoms with Crippen molar-refractivity contribution in [3.63, 3.8) is 0 Å². The van der Waals surface area contributed by atoms with E-state index in [1.807, 2.05) is 24.3 Å². The van der Waals surface area contributed by atoms with Gasteiger partial charge < -0.3 is 11.1 Å². The minimum absolute atomic E-state index is 0.133. The Hall–Kier alpha value is -1.35. The molecule has 3 nitrogen and oxygen atoms in total. The molecule has 3 unspecified atom stereocenters. The summed E-state index contributed by atoms with van der Waals surface area (Å²) in [7, 11) is 0. The van der Waals surface area contributed by atoms with E-state index in [0.717, 1.165) is 35.4 Å². The summed E-state index contributed by atoms with van der Waals surface area (Å²) in [6.07, 6.45) is 5.97. The summed E-state index contributed by atoms with van der Waals surface area (Å²) in [5.41, 5.74) is 7.84. The molecule has 0 saturated heterocycles. The van der Waals surface area contributed by atoms with Gasteiger partial charge in [0.05, 0.1) is 6.42 Å². The van der Waals surface area contributed by atoms with E-state index in [4.69, 9.17) is 5.73 Å². The summed E-state index contributed by atoms with van der Waals surface area (Å²) >= 11 is 0. The normalized spacial score (nSPS) is 27.8. The highest BCUT2D eigenvalue weighted by Crippen LogP contribution is 2.47. The third-order valence-electron chi connectivity index (χ3n) is 5.14. The summed E-state index contributed by atoms with van der Waals surface area (Å²) < 4.78 is 0. The van der Waals surface area contributed by atoms with Gasteiger partial charge in [-0.1, -0.05) is 30.7 Å². The number of amides is 1. The Labute approximate surface area is 120 Å². The second-order valence-corrected chi connectivity index (χ2v) is 6.39. The van der Waals surface area contributed by atoms with E-state index in [-0.39, 0.29) is 5.91 Å². The van der Waals surface area contributed by atoms with Crippen molar-refractivity contribution < 1.29 is 4.79 Å². The monoisotopic (exact) mass is 272 g/mol. The first-order valence-corrected chi connectivity index (χ1v) is 7.80. The Morgan fingerprint density at radius 3 is 2.65 bits per heavy atom. The number of rotatable bonds is 5. The fraction of sp³-hybridized carbons (Fsp3) is 0.588. The molecule has 0 heterocycles. The van der Waals surface area contributed by atoms with Gasteiger partial charge in [-0.3, -0.25) is 4.79 Å². The average molecular weight is 272 g/mol. The van der Waals surface area contributed by atoms with Crippen LogP contribution in [0.3, 0.4) is 0 Å². The molecule has 3 atom stereocenters. The van der Waals surface area contributed by atoms with Gasteiger partial charge in [0, 0.05) is 13.1 Å². The smallest absolute Gasteiger partial charge is 0.224 e. The molecule has 0 aliphatic heterocycles. The molecule has 3 rings (SSSR count). The van der Waals surface area contributed by atoms with Crippen LogP contribution in [0.1, 0.15) is 36.8 Å². The Kier molecular flexibility index (Phi) is 4.06. The summed E-state index contributed by atoms with van der Waals surface area (Å²) in [6, 6.07) is 7.94. The van der Waals surface area contributed by atoms with Crippen molar-refractivity contribution in [2.75, 3.05) is 6.54 Å². The Bertz CT molecular complexity index is 486. The lowest BCUT2D eigenvalue weighted by Gasteiger charge is -2.21. The first kappa shape index (κ1) is 13.6. The highest BCUT2D eigenvalue weighted by Gasteiger charge is 2.39. The zero-order valence-electron chi connectivity index (χ0n) is 12.0. The molecular weight excluding hydrogens is 248 g/mol. The van der Waals surface area contributed by atoms with Crippen LogP contribution in [0.15, 0.2) is 24.3 Å². The Morgan fingerprint density at radius 2 is 2.00 bits per heavy atom. The number of benzene rings is 1. The lowest BCUT2D eigenvalue weighted by molar-refractivity contribution is -0.120. The number of nitrogens with two attached hydrogens (primary N) is 1. The van der Waals surface area contributed by atoms with Crippen LogP contribution >= 0.6 is 0 Å². The van der Waals surface area contributed by atoms with Crippen molar-refractivity contribution in [1.82, 2.24) is 5.32 Å². The number of carbonyl (C=O) groups excluding carboxylic acids is 1. The standard InChI is InChI=1S/C17H24N2O/c18-10-15-4-2-1-3-13(15)9-17(20)19-11-16-8-12-5-6-14(16)7-12/h1-4,12,14,16H,5-11,18H2,(H,19,20). The lowest BCUT2D eigenvalue weighted by atomic mass is 9.89. The fourth-order valence-corrected chi connectivity index (χ4v) is 4.04.